The molecule has 0 radical (unpaired) electrons. The molecule has 0 saturated carbocycles. The highest BCUT2D eigenvalue weighted by Gasteiger charge is 2.19. The second kappa shape index (κ2) is 60.4. The number of ether oxygens (including phenoxy) is 3. The van der Waals surface area contributed by atoms with Gasteiger partial charge in [-0.1, -0.05) is 261 Å². The lowest BCUT2D eigenvalue weighted by atomic mass is 10.0. The molecule has 0 bridgehead atoms. The van der Waals surface area contributed by atoms with Crippen LogP contribution in [0.2, 0.25) is 0 Å². The van der Waals surface area contributed by atoms with E-state index >= 15 is 0 Å². The van der Waals surface area contributed by atoms with Crippen LogP contribution in [0.4, 0.5) is 0 Å². The van der Waals surface area contributed by atoms with Crippen LogP contribution in [0, 0.1) is 0 Å². The standard InChI is InChI=1S/C66H116O6/c1-4-7-10-13-16-19-22-24-26-28-29-30-31-32-33-34-35-36-37-39-40-42-44-47-50-53-56-59-65(68)71-62-63(61-70-64(67)58-55-52-49-46-21-18-15-12-9-6-3)72-66(69)60-57-54-51-48-45-43-41-38-27-25-23-20-17-14-11-8-5-2/h8,11-12,15,17,20,25,27-29,41,43,63H,4-7,9-10,13-14,16,18-19,21-24,26,30-40,42,44-62H2,1-3H3/b11-8-,15-12-,20-17-,27-25-,29-28-,43-41-. The zero-order valence-electron chi connectivity index (χ0n) is 47.7. The SMILES string of the molecule is CC/C=C\C/C=C\C/C=C\C/C=C\CCCCCCC(=O)OC(COC(=O)CCCCCCC/C=C\CCC)COC(=O)CCCCCCCCCCCCCCCCC/C=C\CCCCCCCCCC. The number of esters is 3. The van der Waals surface area contributed by atoms with Crippen molar-refractivity contribution >= 4 is 17.9 Å². The van der Waals surface area contributed by atoms with Gasteiger partial charge in [0.1, 0.15) is 13.2 Å². The van der Waals surface area contributed by atoms with Crippen LogP contribution in [0.5, 0.6) is 0 Å². The van der Waals surface area contributed by atoms with E-state index in [2.05, 4.69) is 93.7 Å². The Hall–Kier alpha value is -3.15. The van der Waals surface area contributed by atoms with Gasteiger partial charge >= 0.3 is 17.9 Å². The molecule has 0 spiro atoms. The largest absolute Gasteiger partial charge is 0.462 e. The molecule has 72 heavy (non-hydrogen) atoms. The smallest absolute Gasteiger partial charge is 0.306 e. The van der Waals surface area contributed by atoms with Gasteiger partial charge in [0.25, 0.3) is 0 Å². The summed E-state index contributed by atoms with van der Waals surface area (Å²) < 4.78 is 16.8. The lowest BCUT2D eigenvalue weighted by Gasteiger charge is -2.18. The highest BCUT2D eigenvalue weighted by Crippen LogP contribution is 2.16. The number of unbranched alkanes of at least 4 members (excludes halogenated alkanes) is 33. The normalized spacial score (nSPS) is 12.5. The zero-order chi connectivity index (χ0) is 52.2. The van der Waals surface area contributed by atoms with Gasteiger partial charge in [-0.15, -0.1) is 0 Å². The number of hydrogen-bond donors (Lipinski definition) is 0. The summed E-state index contributed by atoms with van der Waals surface area (Å²) in [5, 5.41) is 0. The van der Waals surface area contributed by atoms with E-state index in [9.17, 15) is 14.4 Å². The molecule has 0 aliphatic heterocycles. The van der Waals surface area contributed by atoms with Crippen molar-refractivity contribution in [2.45, 2.75) is 316 Å². The summed E-state index contributed by atoms with van der Waals surface area (Å²) in [6.07, 6.45) is 77.8. The van der Waals surface area contributed by atoms with Crippen molar-refractivity contribution in [1.82, 2.24) is 0 Å². The van der Waals surface area contributed by atoms with E-state index in [1.54, 1.807) is 0 Å². The van der Waals surface area contributed by atoms with Crippen molar-refractivity contribution in [3.63, 3.8) is 0 Å². The zero-order valence-corrected chi connectivity index (χ0v) is 47.7. The Morgan fingerprint density at radius 3 is 0.917 bits per heavy atom. The highest BCUT2D eigenvalue weighted by molar-refractivity contribution is 5.71. The Morgan fingerprint density at radius 1 is 0.292 bits per heavy atom. The Labute approximate surface area is 446 Å². The fourth-order valence-corrected chi connectivity index (χ4v) is 8.79. The Morgan fingerprint density at radius 2 is 0.569 bits per heavy atom. The molecule has 416 valence electrons. The molecule has 0 heterocycles. The van der Waals surface area contributed by atoms with E-state index < -0.39 is 6.10 Å². The third kappa shape index (κ3) is 57.7. The molecule has 0 saturated heterocycles. The summed E-state index contributed by atoms with van der Waals surface area (Å²) in [5.41, 5.74) is 0. The molecular weight excluding hydrogens is 889 g/mol. The molecular formula is C66H116O6. The topological polar surface area (TPSA) is 78.9 Å². The molecule has 0 amide bonds. The van der Waals surface area contributed by atoms with Crippen molar-refractivity contribution in [2.75, 3.05) is 13.2 Å². The van der Waals surface area contributed by atoms with E-state index in [0.29, 0.717) is 19.3 Å². The third-order valence-electron chi connectivity index (χ3n) is 13.4. The average molecular weight is 1010 g/mol. The summed E-state index contributed by atoms with van der Waals surface area (Å²) in [5.74, 6) is -0.912. The monoisotopic (exact) mass is 1000 g/mol. The summed E-state index contributed by atoms with van der Waals surface area (Å²) in [6, 6.07) is 0. The first kappa shape index (κ1) is 68.8. The van der Waals surface area contributed by atoms with Gasteiger partial charge in [-0.25, -0.2) is 0 Å². The maximum atomic E-state index is 12.8. The predicted octanol–water partition coefficient (Wildman–Crippen LogP) is 20.9. The molecule has 0 aromatic heterocycles. The van der Waals surface area contributed by atoms with Crippen LogP contribution >= 0.6 is 0 Å². The fraction of sp³-hybridized carbons (Fsp3) is 0.773. The molecule has 0 fully saturated rings. The minimum atomic E-state index is -0.791. The van der Waals surface area contributed by atoms with Crippen molar-refractivity contribution in [3.8, 4) is 0 Å². The van der Waals surface area contributed by atoms with E-state index in [0.717, 1.165) is 109 Å². The number of allylic oxidation sites excluding steroid dienone is 12. The lowest BCUT2D eigenvalue weighted by molar-refractivity contribution is -0.167. The Kier molecular flexibility index (Phi) is 57.8. The fourth-order valence-electron chi connectivity index (χ4n) is 8.79. The average Bonchev–Trinajstić information content (AvgIpc) is 3.38. The van der Waals surface area contributed by atoms with Gasteiger partial charge < -0.3 is 14.2 Å². The van der Waals surface area contributed by atoms with Gasteiger partial charge in [0.15, 0.2) is 6.10 Å². The number of rotatable bonds is 56. The van der Waals surface area contributed by atoms with Gasteiger partial charge in [-0.2, -0.15) is 0 Å². The van der Waals surface area contributed by atoms with Gasteiger partial charge in [0.05, 0.1) is 0 Å². The summed E-state index contributed by atoms with van der Waals surface area (Å²) in [6.45, 7) is 6.46. The maximum absolute atomic E-state index is 12.8. The highest BCUT2D eigenvalue weighted by atomic mass is 16.6. The van der Waals surface area contributed by atoms with Crippen LogP contribution < -0.4 is 0 Å². The number of carbonyl (C=O) groups excluding carboxylic acids is 3. The Bertz CT molecular complexity index is 1340. The first-order valence-electron chi connectivity index (χ1n) is 30.9. The van der Waals surface area contributed by atoms with Gasteiger partial charge in [0, 0.05) is 19.3 Å². The Balaban J connectivity index is 4.21. The van der Waals surface area contributed by atoms with Crippen LogP contribution in [-0.4, -0.2) is 37.2 Å². The van der Waals surface area contributed by atoms with E-state index in [1.165, 1.54) is 161 Å². The van der Waals surface area contributed by atoms with Crippen LogP contribution in [0.15, 0.2) is 72.9 Å². The van der Waals surface area contributed by atoms with Crippen LogP contribution in [0.25, 0.3) is 0 Å². The summed E-state index contributed by atoms with van der Waals surface area (Å²) in [7, 11) is 0. The first-order chi connectivity index (χ1) is 35.5. The lowest BCUT2D eigenvalue weighted by Crippen LogP contribution is -2.30. The molecule has 6 heteroatoms. The van der Waals surface area contributed by atoms with Crippen molar-refractivity contribution < 1.29 is 28.6 Å². The second-order valence-corrected chi connectivity index (χ2v) is 20.6. The third-order valence-corrected chi connectivity index (χ3v) is 13.4. The maximum Gasteiger partial charge on any atom is 0.306 e. The van der Waals surface area contributed by atoms with Crippen LogP contribution in [-0.2, 0) is 28.6 Å². The number of hydrogen-bond acceptors (Lipinski definition) is 6. The molecule has 1 atom stereocenters. The van der Waals surface area contributed by atoms with Gasteiger partial charge in [-0.3, -0.25) is 14.4 Å². The molecule has 0 rings (SSSR count). The quantitative estimate of drug-likeness (QED) is 0.0261. The molecule has 0 aliphatic carbocycles. The van der Waals surface area contributed by atoms with E-state index in [4.69, 9.17) is 14.2 Å². The molecule has 6 nitrogen and oxygen atoms in total. The van der Waals surface area contributed by atoms with E-state index in [1.807, 2.05) is 0 Å². The minimum absolute atomic E-state index is 0.0866. The van der Waals surface area contributed by atoms with Crippen LogP contribution in [0.3, 0.4) is 0 Å². The summed E-state index contributed by atoms with van der Waals surface area (Å²) in [4.78, 5) is 38.1. The van der Waals surface area contributed by atoms with Crippen molar-refractivity contribution in [2.24, 2.45) is 0 Å². The van der Waals surface area contributed by atoms with E-state index in [-0.39, 0.29) is 31.1 Å². The minimum Gasteiger partial charge on any atom is -0.462 e. The first-order valence-corrected chi connectivity index (χ1v) is 30.9. The second-order valence-electron chi connectivity index (χ2n) is 20.6. The molecule has 0 aromatic rings. The van der Waals surface area contributed by atoms with Gasteiger partial charge in [-0.05, 0) is 103 Å². The predicted molar refractivity (Wildman–Crippen MR) is 311 cm³/mol. The molecule has 0 aliphatic rings. The van der Waals surface area contributed by atoms with Crippen molar-refractivity contribution in [3.05, 3.63) is 72.9 Å². The number of carbonyl (C=O) groups is 3. The molecule has 0 aromatic carbocycles. The molecule has 0 N–H and O–H groups in total. The summed E-state index contributed by atoms with van der Waals surface area (Å²) >= 11 is 0. The molecule has 1 unspecified atom stereocenters. The van der Waals surface area contributed by atoms with Crippen LogP contribution in [0.1, 0.15) is 310 Å². The van der Waals surface area contributed by atoms with Gasteiger partial charge in [0.2, 0.25) is 0 Å². The van der Waals surface area contributed by atoms with Crippen molar-refractivity contribution in [1.29, 1.82) is 0 Å².